The summed E-state index contributed by atoms with van der Waals surface area (Å²) in [6.45, 7) is 2.03. The first kappa shape index (κ1) is 18.4. The van der Waals surface area contributed by atoms with E-state index >= 15 is 0 Å². The van der Waals surface area contributed by atoms with Crippen molar-refractivity contribution in [1.82, 2.24) is 15.1 Å². The maximum absolute atomic E-state index is 12.1. The highest BCUT2D eigenvalue weighted by molar-refractivity contribution is 9.10. The van der Waals surface area contributed by atoms with Gasteiger partial charge in [-0.2, -0.15) is 0 Å². The smallest absolute Gasteiger partial charge is 0.360 e. The van der Waals surface area contributed by atoms with Gasteiger partial charge in [-0.3, -0.25) is 0 Å². The molecule has 1 N–H and O–H groups in total. The molecule has 1 aliphatic rings. The number of carbonyl (C=O) groups is 1. The largest absolute Gasteiger partial charge is 0.495 e. The van der Waals surface area contributed by atoms with Gasteiger partial charge in [0.1, 0.15) is 11.4 Å². The zero-order chi connectivity index (χ0) is 19.7. The van der Waals surface area contributed by atoms with E-state index in [9.17, 15) is 4.79 Å². The lowest BCUT2D eigenvalue weighted by molar-refractivity contribution is 0.0513. The summed E-state index contributed by atoms with van der Waals surface area (Å²) >= 11 is 3.42. The van der Waals surface area contributed by atoms with E-state index in [-0.39, 0.29) is 12.3 Å². The fourth-order valence-electron chi connectivity index (χ4n) is 3.08. The van der Waals surface area contributed by atoms with Crippen molar-refractivity contribution < 1.29 is 18.8 Å². The zero-order valence-corrected chi connectivity index (χ0v) is 16.9. The molecule has 9 heteroatoms. The van der Waals surface area contributed by atoms with Crippen LogP contribution >= 0.6 is 15.9 Å². The van der Waals surface area contributed by atoms with Crippen LogP contribution in [0.2, 0.25) is 0 Å². The van der Waals surface area contributed by atoms with Gasteiger partial charge in [0.15, 0.2) is 11.5 Å². The number of benzene rings is 1. The first-order valence-electron chi connectivity index (χ1n) is 8.73. The van der Waals surface area contributed by atoms with E-state index in [1.165, 1.54) is 0 Å². The highest BCUT2D eigenvalue weighted by Gasteiger charge is 2.30. The van der Waals surface area contributed by atoms with Crippen LogP contribution in [-0.4, -0.2) is 34.8 Å². The van der Waals surface area contributed by atoms with Crippen LogP contribution in [0.4, 0.5) is 11.6 Å². The number of hydrogen-bond acceptors (Lipinski definition) is 8. The van der Waals surface area contributed by atoms with Crippen molar-refractivity contribution in [2.75, 3.05) is 19.0 Å². The molecule has 2 heterocycles. The van der Waals surface area contributed by atoms with Crippen molar-refractivity contribution in [2.45, 2.75) is 19.8 Å². The lowest BCUT2D eigenvalue weighted by Gasteiger charge is -2.15. The SMILES string of the molecule is CCOC(=O)c1noc2c1CCc1cnc(Nc3ccc(Br)cc3OC)nc1-2. The number of rotatable bonds is 5. The van der Waals surface area contributed by atoms with Gasteiger partial charge in [-0.1, -0.05) is 21.1 Å². The van der Waals surface area contributed by atoms with Crippen molar-refractivity contribution >= 4 is 33.5 Å². The Morgan fingerprint density at radius 3 is 3.00 bits per heavy atom. The van der Waals surface area contributed by atoms with Crippen LogP contribution in [0.25, 0.3) is 11.5 Å². The Hall–Kier alpha value is -2.94. The molecule has 28 heavy (non-hydrogen) atoms. The average Bonchev–Trinajstić information content (AvgIpc) is 3.14. The number of halogens is 1. The number of anilines is 2. The van der Waals surface area contributed by atoms with Gasteiger partial charge in [-0.05, 0) is 38.0 Å². The standard InChI is InChI=1S/C19H17BrN4O4/c1-3-27-18(25)16-12-6-4-10-9-21-19(23-15(10)17(12)28-24-16)22-13-7-5-11(20)8-14(13)26-2/h5,7-9H,3-4,6H2,1-2H3,(H,21,22,23). The van der Waals surface area contributed by atoms with Crippen LogP contribution in [0, 0.1) is 0 Å². The number of hydrogen-bond donors (Lipinski definition) is 1. The van der Waals surface area contributed by atoms with Crippen LogP contribution in [0.5, 0.6) is 5.75 Å². The summed E-state index contributed by atoms with van der Waals surface area (Å²) < 4.78 is 16.8. The maximum atomic E-state index is 12.1. The Morgan fingerprint density at radius 2 is 2.21 bits per heavy atom. The molecular formula is C19H17BrN4O4. The van der Waals surface area contributed by atoms with E-state index in [0.717, 1.165) is 21.3 Å². The molecule has 144 valence electrons. The van der Waals surface area contributed by atoms with E-state index < -0.39 is 5.97 Å². The number of nitrogens with one attached hydrogen (secondary N) is 1. The van der Waals surface area contributed by atoms with Crippen LogP contribution in [-0.2, 0) is 17.6 Å². The number of aryl methyl sites for hydroxylation is 1. The second-order valence-corrected chi connectivity index (χ2v) is 7.01. The molecule has 0 spiro atoms. The molecule has 3 aromatic rings. The third-order valence-corrected chi connectivity index (χ3v) is 4.88. The average molecular weight is 445 g/mol. The quantitative estimate of drug-likeness (QED) is 0.590. The van der Waals surface area contributed by atoms with E-state index in [1.807, 2.05) is 18.2 Å². The van der Waals surface area contributed by atoms with Gasteiger partial charge >= 0.3 is 5.97 Å². The lowest BCUT2D eigenvalue weighted by atomic mass is 9.94. The van der Waals surface area contributed by atoms with Gasteiger partial charge in [0, 0.05) is 21.8 Å². The van der Waals surface area contributed by atoms with E-state index in [4.69, 9.17) is 14.0 Å². The van der Waals surface area contributed by atoms with Crippen molar-refractivity contribution in [2.24, 2.45) is 0 Å². The normalized spacial score (nSPS) is 12.1. The third-order valence-electron chi connectivity index (χ3n) is 4.39. The number of fused-ring (bicyclic) bond motifs is 3. The third kappa shape index (κ3) is 3.33. The predicted octanol–water partition coefficient (Wildman–Crippen LogP) is 3.92. The molecule has 0 fully saturated rings. The monoisotopic (exact) mass is 444 g/mol. The molecule has 0 saturated carbocycles. The van der Waals surface area contributed by atoms with Crippen LogP contribution in [0.3, 0.4) is 0 Å². The number of esters is 1. The van der Waals surface area contributed by atoms with Gasteiger partial charge < -0.3 is 19.3 Å². The molecular weight excluding hydrogens is 428 g/mol. The molecule has 0 saturated heterocycles. The Kier molecular flexibility index (Phi) is 4.99. The summed E-state index contributed by atoms with van der Waals surface area (Å²) in [7, 11) is 1.60. The Labute approximate surface area is 169 Å². The van der Waals surface area contributed by atoms with Crippen LogP contribution in [0.15, 0.2) is 33.4 Å². The Morgan fingerprint density at radius 1 is 1.36 bits per heavy atom. The van der Waals surface area contributed by atoms with Crippen molar-refractivity contribution in [1.29, 1.82) is 0 Å². The molecule has 1 aromatic carbocycles. The molecule has 0 radical (unpaired) electrons. The molecule has 0 aliphatic heterocycles. The van der Waals surface area contributed by atoms with Gasteiger partial charge in [-0.25, -0.2) is 14.8 Å². The molecule has 1 aliphatic carbocycles. The molecule has 0 unspecified atom stereocenters. The fourth-order valence-corrected chi connectivity index (χ4v) is 3.42. The van der Waals surface area contributed by atoms with Crippen LogP contribution < -0.4 is 10.1 Å². The minimum atomic E-state index is -0.483. The Balaban J connectivity index is 1.69. The van der Waals surface area contributed by atoms with E-state index in [0.29, 0.717) is 36.0 Å². The summed E-state index contributed by atoms with van der Waals surface area (Å²) in [5, 5.41) is 7.07. The van der Waals surface area contributed by atoms with Gasteiger partial charge in [-0.15, -0.1) is 0 Å². The topological polar surface area (TPSA) is 99.4 Å². The minimum absolute atomic E-state index is 0.213. The second-order valence-electron chi connectivity index (χ2n) is 6.10. The first-order chi connectivity index (χ1) is 13.6. The van der Waals surface area contributed by atoms with Crippen molar-refractivity contribution in [3.63, 3.8) is 0 Å². The predicted molar refractivity (Wildman–Crippen MR) is 105 cm³/mol. The number of methoxy groups -OCH3 is 1. The van der Waals surface area contributed by atoms with Crippen molar-refractivity contribution in [3.05, 3.63) is 45.7 Å². The van der Waals surface area contributed by atoms with E-state index in [2.05, 4.69) is 36.4 Å². The van der Waals surface area contributed by atoms with E-state index in [1.54, 1.807) is 20.2 Å². The summed E-state index contributed by atoms with van der Waals surface area (Å²) in [6.07, 6.45) is 3.07. The number of nitrogens with zero attached hydrogens (tertiary/aromatic N) is 3. The highest BCUT2D eigenvalue weighted by Crippen LogP contribution is 2.35. The number of aromatic nitrogens is 3. The second kappa shape index (κ2) is 7.59. The van der Waals surface area contributed by atoms with Crippen molar-refractivity contribution in [3.8, 4) is 17.2 Å². The Bertz CT molecular complexity index is 1050. The molecule has 0 amide bonds. The molecule has 4 rings (SSSR count). The van der Waals surface area contributed by atoms with Gasteiger partial charge in [0.05, 0.1) is 19.4 Å². The van der Waals surface area contributed by atoms with Gasteiger partial charge in [0.25, 0.3) is 0 Å². The maximum Gasteiger partial charge on any atom is 0.360 e. The summed E-state index contributed by atoms with van der Waals surface area (Å²) in [5.74, 6) is 1.04. The molecule has 0 bridgehead atoms. The first-order valence-corrected chi connectivity index (χ1v) is 9.52. The molecule has 8 nitrogen and oxygen atoms in total. The summed E-state index contributed by atoms with van der Waals surface area (Å²) in [6, 6.07) is 5.61. The van der Waals surface area contributed by atoms with Crippen LogP contribution in [0.1, 0.15) is 28.5 Å². The van der Waals surface area contributed by atoms with Gasteiger partial charge in [0.2, 0.25) is 5.95 Å². The molecule has 0 atom stereocenters. The number of carbonyl (C=O) groups excluding carboxylic acids is 1. The fraction of sp³-hybridized carbons (Fsp3) is 0.263. The number of ether oxygens (including phenoxy) is 2. The molecule has 2 aromatic heterocycles. The zero-order valence-electron chi connectivity index (χ0n) is 15.3. The summed E-state index contributed by atoms with van der Waals surface area (Å²) in [4.78, 5) is 21.1. The lowest BCUT2D eigenvalue weighted by Crippen LogP contribution is -2.12. The minimum Gasteiger partial charge on any atom is -0.495 e. The highest BCUT2D eigenvalue weighted by atomic mass is 79.9. The summed E-state index contributed by atoms with van der Waals surface area (Å²) in [5.41, 5.74) is 3.22.